The first-order chi connectivity index (χ1) is 4.52. The summed E-state index contributed by atoms with van der Waals surface area (Å²) in [7, 11) is 0. The lowest BCUT2D eigenvalue weighted by Gasteiger charge is -2.17. The smallest absolute Gasteiger partial charge is 0.0526 e. The van der Waals surface area contributed by atoms with Gasteiger partial charge in [-0.05, 0) is 20.3 Å². The second-order valence-corrected chi connectivity index (χ2v) is 3.31. The van der Waals surface area contributed by atoms with E-state index in [9.17, 15) is 0 Å². The minimum atomic E-state index is -0.193. The highest BCUT2D eigenvalue weighted by molar-refractivity contribution is 4.65. The summed E-state index contributed by atoms with van der Waals surface area (Å²) in [5.41, 5.74) is 0. The molecule has 0 amide bonds. The van der Waals surface area contributed by atoms with Crippen molar-refractivity contribution in [3.63, 3.8) is 0 Å². The maximum absolute atomic E-state index is 9.00. The number of nitrogens with one attached hydrogen (secondary N) is 1. The standard InChI is InChI=1S/C8H19NO/c1-6(2)9-7(3)5-8(4)10/h6-10H,5H2,1-4H3. The Hall–Kier alpha value is -0.0800. The van der Waals surface area contributed by atoms with Crippen molar-refractivity contribution >= 4 is 0 Å². The molecule has 0 spiro atoms. The van der Waals surface area contributed by atoms with Gasteiger partial charge in [-0.15, -0.1) is 0 Å². The van der Waals surface area contributed by atoms with Crippen LogP contribution in [0, 0.1) is 0 Å². The van der Waals surface area contributed by atoms with Gasteiger partial charge in [-0.1, -0.05) is 13.8 Å². The van der Waals surface area contributed by atoms with E-state index in [2.05, 4.69) is 26.1 Å². The SMILES string of the molecule is CC(O)CC(C)NC(C)C. The summed E-state index contributed by atoms with van der Waals surface area (Å²) in [5.74, 6) is 0. The summed E-state index contributed by atoms with van der Waals surface area (Å²) in [6.45, 7) is 8.13. The minimum absolute atomic E-state index is 0.193. The molecule has 0 aliphatic heterocycles. The quantitative estimate of drug-likeness (QED) is 0.622. The maximum Gasteiger partial charge on any atom is 0.0526 e. The van der Waals surface area contributed by atoms with Gasteiger partial charge in [0.05, 0.1) is 6.10 Å². The molecule has 0 heterocycles. The molecule has 0 fully saturated rings. The molecule has 0 bridgehead atoms. The predicted molar refractivity (Wildman–Crippen MR) is 44.0 cm³/mol. The zero-order valence-corrected chi connectivity index (χ0v) is 7.39. The maximum atomic E-state index is 9.00. The van der Waals surface area contributed by atoms with E-state index in [4.69, 9.17) is 5.11 Å². The Balaban J connectivity index is 3.34. The Labute approximate surface area is 63.6 Å². The third-order valence-electron chi connectivity index (χ3n) is 1.31. The minimum Gasteiger partial charge on any atom is -0.393 e. The Morgan fingerprint density at radius 2 is 1.70 bits per heavy atom. The summed E-state index contributed by atoms with van der Waals surface area (Å²) >= 11 is 0. The normalized spacial score (nSPS) is 17.4. The molecule has 2 heteroatoms. The lowest BCUT2D eigenvalue weighted by Crippen LogP contribution is -2.34. The van der Waals surface area contributed by atoms with Crippen LogP contribution in [0.2, 0.25) is 0 Å². The van der Waals surface area contributed by atoms with Crippen LogP contribution >= 0.6 is 0 Å². The van der Waals surface area contributed by atoms with Crippen LogP contribution in [0.1, 0.15) is 34.1 Å². The molecule has 2 unspecified atom stereocenters. The van der Waals surface area contributed by atoms with E-state index in [0.29, 0.717) is 12.1 Å². The zero-order valence-electron chi connectivity index (χ0n) is 7.39. The number of hydrogen-bond acceptors (Lipinski definition) is 2. The van der Waals surface area contributed by atoms with Gasteiger partial charge in [0.25, 0.3) is 0 Å². The van der Waals surface area contributed by atoms with Crippen LogP contribution in [0.5, 0.6) is 0 Å². The lowest BCUT2D eigenvalue weighted by atomic mass is 10.1. The summed E-state index contributed by atoms with van der Waals surface area (Å²) < 4.78 is 0. The van der Waals surface area contributed by atoms with Gasteiger partial charge in [-0.3, -0.25) is 0 Å². The molecular formula is C8H19NO. The molecule has 0 rings (SSSR count). The van der Waals surface area contributed by atoms with E-state index in [1.54, 1.807) is 0 Å². The van der Waals surface area contributed by atoms with Crippen LogP contribution in [0.3, 0.4) is 0 Å². The van der Waals surface area contributed by atoms with Gasteiger partial charge in [0.2, 0.25) is 0 Å². The highest BCUT2D eigenvalue weighted by atomic mass is 16.3. The second kappa shape index (κ2) is 4.69. The molecule has 0 aliphatic carbocycles. The Morgan fingerprint density at radius 3 is 2.00 bits per heavy atom. The van der Waals surface area contributed by atoms with Crippen molar-refractivity contribution in [3.05, 3.63) is 0 Å². The van der Waals surface area contributed by atoms with Gasteiger partial charge < -0.3 is 10.4 Å². The van der Waals surface area contributed by atoms with Crippen molar-refractivity contribution in [2.24, 2.45) is 0 Å². The summed E-state index contributed by atoms with van der Waals surface area (Å²) in [6.07, 6.45) is 0.638. The molecule has 0 radical (unpaired) electrons. The molecule has 0 aromatic rings. The third-order valence-corrected chi connectivity index (χ3v) is 1.31. The van der Waals surface area contributed by atoms with E-state index in [1.807, 2.05) is 6.92 Å². The fourth-order valence-electron chi connectivity index (χ4n) is 1.15. The number of aliphatic hydroxyl groups is 1. The fourth-order valence-corrected chi connectivity index (χ4v) is 1.15. The molecule has 0 aromatic carbocycles. The van der Waals surface area contributed by atoms with Gasteiger partial charge in [0.15, 0.2) is 0 Å². The average Bonchev–Trinajstić information content (AvgIpc) is 1.58. The van der Waals surface area contributed by atoms with E-state index >= 15 is 0 Å². The fraction of sp³-hybridized carbons (Fsp3) is 1.00. The van der Waals surface area contributed by atoms with E-state index in [-0.39, 0.29) is 6.10 Å². The topological polar surface area (TPSA) is 32.3 Å². The molecule has 0 aliphatic rings. The molecule has 2 nitrogen and oxygen atoms in total. The Morgan fingerprint density at radius 1 is 1.20 bits per heavy atom. The molecule has 0 saturated carbocycles. The van der Waals surface area contributed by atoms with Gasteiger partial charge in [0.1, 0.15) is 0 Å². The Bertz CT molecular complexity index is 71.3. The Kier molecular flexibility index (Phi) is 4.65. The van der Waals surface area contributed by atoms with Crippen LogP contribution in [0.4, 0.5) is 0 Å². The molecule has 62 valence electrons. The van der Waals surface area contributed by atoms with Crippen molar-refractivity contribution in [1.29, 1.82) is 0 Å². The zero-order chi connectivity index (χ0) is 8.15. The first kappa shape index (κ1) is 9.92. The second-order valence-electron chi connectivity index (χ2n) is 3.31. The largest absolute Gasteiger partial charge is 0.393 e. The number of aliphatic hydroxyl groups excluding tert-OH is 1. The van der Waals surface area contributed by atoms with Crippen LogP contribution < -0.4 is 5.32 Å². The van der Waals surface area contributed by atoms with Crippen LogP contribution in [0.25, 0.3) is 0 Å². The van der Waals surface area contributed by atoms with Crippen LogP contribution in [-0.2, 0) is 0 Å². The summed E-state index contributed by atoms with van der Waals surface area (Å²) in [5, 5.41) is 12.3. The van der Waals surface area contributed by atoms with Crippen molar-refractivity contribution < 1.29 is 5.11 Å². The number of rotatable bonds is 4. The predicted octanol–water partition coefficient (Wildman–Crippen LogP) is 1.14. The third kappa shape index (κ3) is 6.05. The van der Waals surface area contributed by atoms with Gasteiger partial charge in [-0.25, -0.2) is 0 Å². The summed E-state index contributed by atoms with van der Waals surface area (Å²) in [6, 6.07) is 0.925. The van der Waals surface area contributed by atoms with Gasteiger partial charge in [0, 0.05) is 12.1 Å². The van der Waals surface area contributed by atoms with Crippen LogP contribution in [-0.4, -0.2) is 23.3 Å². The van der Waals surface area contributed by atoms with Crippen LogP contribution in [0.15, 0.2) is 0 Å². The average molecular weight is 145 g/mol. The molecule has 2 N–H and O–H groups in total. The monoisotopic (exact) mass is 145 g/mol. The number of hydrogen-bond donors (Lipinski definition) is 2. The molecular weight excluding hydrogens is 126 g/mol. The van der Waals surface area contributed by atoms with Crippen molar-refractivity contribution in [2.75, 3.05) is 0 Å². The van der Waals surface area contributed by atoms with Crippen molar-refractivity contribution in [2.45, 2.75) is 52.3 Å². The molecule has 0 aromatic heterocycles. The highest BCUT2D eigenvalue weighted by Gasteiger charge is 2.05. The van der Waals surface area contributed by atoms with Crippen molar-refractivity contribution in [1.82, 2.24) is 5.32 Å². The van der Waals surface area contributed by atoms with Crippen molar-refractivity contribution in [3.8, 4) is 0 Å². The van der Waals surface area contributed by atoms with E-state index in [1.165, 1.54) is 0 Å². The van der Waals surface area contributed by atoms with E-state index in [0.717, 1.165) is 6.42 Å². The molecule has 0 saturated heterocycles. The first-order valence-corrected chi connectivity index (χ1v) is 3.96. The lowest BCUT2D eigenvalue weighted by molar-refractivity contribution is 0.169. The highest BCUT2D eigenvalue weighted by Crippen LogP contribution is 1.97. The summed E-state index contributed by atoms with van der Waals surface area (Å²) in [4.78, 5) is 0. The van der Waals surface area contributed by atoms with Gasteiger partial charge in [-0.2, -0.15) is 0 Å². The van der Waals surface area contributed by atoms with E-state index < -0.39 is 0 Å². The first-order valence-electron chi connectivity index (χ1n) is 3.96. The van der Waals surface area contributed by atoms with Gasteiger partial charge >= 0.3 is 0 Å². The molecule has 10 heavy (non-hydrogen) atoms. The molecule has 2 atom stereocenters.